The summed E-state index contributed by atoms with van der Waals surface area (Å²) in [6.45, 7) is 1.87. The van der Waals surface area contributed by atoms with Crippen LogP contribution in [-0.4, -0.2) is 42.0 Å². The molecule has 0 fully saturated rings. The van der Waals surface area contributed by atoms with E-state index in [0.29, 0.717) is 34.2 Å². The Morgan fingerprint density at radius 3 is 2.06 bits per heavy atom. The van der Waals surface area contributed by atoms with E-state index in [1.807, 2.05) is 6.92 Å². The predicted octanol–water partition coefficient (Wildman–Crippen LogP) is 3.40. The van der Waals surface area contributed by atoms with Crippen molar-refractivity contribution in [2.75, 3.05) is 11.6 Å². The molecule has 0 saturated carbocycles. The SMILES string of the molecule is CS(=O)(=O)O.Cc1ccc(C(=O)O)c(-c2ccccc2C(=O)Nc2ccc(C(=N)N)cc2)c1. The standard InChI is InChI=1S/C22H19N3O3.CH4O3S/c1-13-6-11-18(22(27)28)19(12-13)16-4-2-3-5-17(16)21(26)25-15-9-7-14(8-10-15)20(23)24;1-5(2,3)4/h2-12H,1H3,(H3,23,24)(H,25,26)(H,27,28);1H3,(H,2,3,4). The van der Waals surface area contributed by atoms with Gasteiger partial charge < -0.3 is 16.2 Å². The number of hydrogen-bond donors (Lipinski definition) is 5. The van der Waals surface area contributed by atoms with Gasteiger partial charge in [-0.3, -0.25) is 14.8 Å². The molecule has 3 aromatic carbocycles. The first kappa shape index (κ1) is 25.2. The fourth-order valence-corrected chi connectivity index (χ4v) is 2.91. The van der Waals surface area contributed by atoms with Gasteiger partial charge in [0.25, 0.3) is 16.0 Å². The van der Waals surface area contributed by atoms with E-state index < -0.39 is 16.1 Å². The molecule has 3 rings (SSSR count). The lowest BCUT2D eigenvalue weighted by atomic mass is 9.93. The summed E-state index contributed by atoms with van der Waals surface area (Å²) in [4.78, 5) is 24.5. The molecule has 33 heavy (non-hydrogen) atoms. The van der Waals surface area contributed by atoms with E-state index in [9.17, 15) is 23.1 Å². The Morgan fingerprint density at radius 1 is 0.939 bits per heavy atom. The number of nitrogen functional groups attached to an aromatic ring is 1. The van der Waals surface area contributed by atoms with Crippen LogP contribution in [0.15, 0.2) is 66.7 Å². The highest BCUT2D eigenvalue weighted by atomic mass is 32.2. The number of rotatable bonds is 5. The van der Waals surface area contributed by atoms with Crippen LogP contribution in [0, 0.1) is 12.3 Å². The molecule has 0 heterocycles. The number of nitrogens with one attached hydrogen (secondary N) is 2. The lowest BCUT2D eigenvalue weighted by molar-refractivity contribution is 0.0697. The van der Waals surface area contributed by atoms with Crippen LogP contribution in [-0.2, 0) is 10.1 Å². The number of nitrogens with two attached hydrogens (primary N) is 1. The molecule has 0 aromatic heterocycles. The molecular formula is C23H23N3O6S. The average molecular weight is 470 g/mol. The largest absolute Gasteiger partial charge is 0.478 e. The van der Waals surface area contributed by atoms with Gasteiger partial charge in [0.15, 0.2) is 0 Å². The van der Waals surface area contributed by atoms with E-state index in [1.165, 1.54) is 0 Å². The second-order valence-electron chi connectivity index (χ2n) is 7.08. The molecule has 0 unspecified atom stereocenters. The van der Waals surface area contributed by atoms with Crippen molar-refractivity contribution in [1.82, 2.24) is 0 Å². The third kappa shape index (κ3) is 7.56. The minimum absolute atomic E-state index is 0.0520. The molecule has 0 saturated heterocycles. The highest BCUT2D eigenvalue weighted by Gasteiger charge is 2.18. The maximum Gasteiger partial charge on any atom is 0.336 e. The van der Waals surface area contributed by atoms with E-state index >= 15 is 0 Å². The Balaban J connectivity index is 0.000000696. The number of hydrogen-bond acceptors (Lipinski definition) is 5. The molecule has 9 nitrogen and oxygen atoms in total. The van der Waals surface area contributed by atoms with Gasteiger partial charge >= 0.3 is 5.97 Å². The molecule has 10 heteroatoms. The smallest absolute Gasteiger partial charge is 0.336 e. The lowest BCUT2D eigenvalue weighted by Gasteiger charge is -2.13. The molecule has 6 N–H and O–H groups in total. The summed E-state index contributed by atoms with van der Waals surface area (Å²) in [5, 5.41) is 19.7. The van der Waals surface area contributed by atoms with Crippen molar-refractivity contribution < 1.29 is 27.7 Å². The van der Waals surface area contributed by atoms with Gasteiger partial charge in [0, 0.05) is 16.8 Å². The van der Waals surface area contributed by atoms with Gasteiger partial charge in [-0.25, -0.2) is 4.79 Å². The summed E-state index contributed by atoms with van der Waals surface area (Å²) in [5.41, 5.74) is 8.98. The highest BCUT2D eigenvalue weighted by Crippen LogP contribution is 2.29. The number of amides is 1. The van der Waals surface area contributed by atoms with Crippen molar-refractivity contribution >= 4 is 33.5 Å². The Bertz CT molecular complexity index is 1290. The molecule has 0 radical (unpaired) electrons. The van der Waals surface area contributed by atoms with E-state index in [1.54, 1.807) is 66.7 Å². The highest BCUT2D eigenvalue weighted by molar-refractivity contribution is 7.85. The fourth-order valence-electron chi connectivity index (χ4n) is 2.91. The van der Waals surface area contributed by atoms with Gasteiger partial charge in [-0.2, -0.15) is 8.42 Å². The molecule has 0 bridgehead atoms. The molecular weight excluding hydrogens is 446 g/mol. The molecule has 0 aliphatic carbocycles. The van der Waals surface area contributed by atoms with E-state index in [0.717, 1.165) is 5.56 Å². The number of carboxylic acids is 1. The Hall–Kier alpha value is -4.02. The summed E-state index contributed by atoms with van der Waals surface area (Å²) in [7, 11) is -3.67. The summed E-state index contributed by atoms with van der Waals surface area (Å²) in [6, 6.07) is 18.5. The van der Waals surface area contributed by atoms with Crippen molar-refractivity contribution in [3.05, 3.63) is 89.0 Å². The van der Waals surface area contributed by atoms with E-state index in [-0.39, 0.29) is 17.3 Å². The van der Waals surface area contributed by atoms with Crippen LogP contribution >= 0.6 is 0 Å². The Kier molecular flexibility index (Phi) is 8.05. The zero-order valence-corrected chi connectivity index (χ0v) is 18.7. The molecule has 1 amide bonds. The number of anilines is 1. The normalized spacial score (nSPS) is 10.5. The fraction of sp³-hybridized carbons (Fsp3) is 0.0870. The first-order chi connectivity index (χ1) is 15.4. The van der Waals surface area contributed by atoms with Crippen molar-refractivity contribution in [1.29, 1.82) is 5.41 Å². The average Bonchev–Trinajstić information content (AvgIpc) is 2.72. The number of amidine groups is 1. The van der Waals surface area contributed by atoms with Crippen LogP contribution in [0.4, 0.5) is 5.69 Å². The quantitative estimate of drug-likeness (QED) is 0.216. The lowest BCUT2D eigenvalue weighted by Crippen LogP contribution is -2.14. The van der Waals surface area contributed by atoms with Crippen LogP contribution in [0.3, 0.4) is 0 Å². The second kappa shape index (κ2) is 10.5. The van der Waals surface area contributed by atoms with Gasteiger partial charge in [0.1, 0.15) is 5.84 Å². The minimum Gasteiger partial charge on any atom is -0.478 e. The van der Waals surface area contributed by atoms with Gasteiger partial charge in [-0.05, 0) is 54.4 Å². The predicted molar refractivity (Wildman–Crippen MR) is 126 cm³/mol. The number of aryl methyl sites for hydroxylation is 1. The Morgan fingerprint density at radius 2 is 1.52 bits per heavy atom. The van der Waals surface area contributed by atoms with Crippen LogP contribution in [0.25, 0.3) is 11.1 Å². The third-order valence-electron chi connectivity index (χ3n) is 4.32. The van der Waals surface area contributed by atoms with Crippen LogP contribution in [0.5, 0.6) is 0 Å². The van der Waals surface area contributed by atoms with Crippen molar-refractivity contribution in [2.45, 2.75) is 6.92 Å². The molecule has 0 aliphatic heterocycles. The number of aromatic carboxylic acids is 1. The first-order valence-electron chi connectivity index (χ1n) is 9.48. The first-order valence-corrected chi connectivity index (χ1v) is 11.3. The van der Waals surface area contributed by atoms with Crippen molar-refractivity contribution in [3.8, 4) is 11.1 Å². The summed E-state index contributed by atoms with van der Waals surface area (Å²) in [5.74, 6) is -1.46. The van der Waals surface area contributed by atoms with Gasteiger partial charge in [-0.1, -0.05) is 35.9 Å². The van der Waals surface area contributed by atoms with E-state index in [4.69, 9.17) is 15.7 Å². The molecule has 0 spiro atoms. The molecule has 3 aromatic rings. The number of carbonyl (C=O) groups is 2. The Labute approximate surface area is 191 Å². The number of carbonyl (C=O) groups excluding carboxylic acids is 1. The minimum atomic E-state index is -3.67. The number of carboxylic acid groups (broad SMARTS) is 1. The summed E-state index contributed by atoms with van der Waals surface area (Å²) < 4.78 is 25.9. The van der Waals surface area contributed by atoms with Gasteiger partial charge in [-0.15, -0.1) is 0 Å². The third-order valence-corrected chi connectivity index (χ3v) is 4.32. The summed E-state index contributed by atoms with van der Waals surface area (Å²) >= 11 is 0. The zero-order valence-electron chi connectivity index (χ0n) is 17.9. The van der Waals surface area contributed by atoms with E-state index in [2.05, 4.69) is 5.32 Å². The zero-order chi connectivity index (χ0) is 24.8. The van der Waals surface area contributed by atoms with Gasteiger partial charge in [0.05, 0.1) is 11.8 Å². The van der Waals surface area contributed by atoms with Crippen LogP contribution in [0.2, 0.25) is 0 Å². The van der Waals surface area contributed by atoms with Crippen LogP contribution in [0.1, 0.15) is 31.8 Å². The van der Waals surface area contributed by atoms with Crippen LogP contribution < -0.4 is 11.1 Å². The molecule has 172 valence electrons. The van der Waals surface area contributed by atoms with Crippen molar-refractivity contribution in [3.63, 3.8) is 0 Å². The second-order valence-corrected chi connectivity index (χ2v) is 8.54. The number of benzene rings is 3. The molecule has 0 aliphatic rings. The van der Waals surface area contributed by atoms with Gasteiger partial charge in [0.2, 0.25) is 0 Å². The maximum atomic E-state index is 12.9. The molecule has 0 atom stereocenters. The maximum absolute atomic E-state index is 12.9. The topological polar surface area (TPSA) is 171 Å². The monoisotopic (exact) mass is 469 g/mol. The van der Waals surface area contributed by atoms with Crippen molar-refractivity contribution in [2.24, 2.45) is 5.73 Å². The summed E-state index contributed by atoms with van der Waals surface area (Å²) in [6.07, 6.45) is 0.715.